The molecule has 1 heterocycles. The summed E-state index contributed by atoms with van der Waals surface area (Å²) < 4.78 is 0. The van der Waals surface area contributed by atoms with Crippen molar-refractivity contribution in [3.63, 3.8) is 0 Å². The number of fused-ring (bicyclic) bond motifs is 10. The van der Waals surface area contributed by atoms with Crippen LogP contribution in [0.25, 0.3) is 16.3 Å². The predicted octanol–water partition coefficient (Wildman–Crippen LogP) is 15.0. The second kappa shape index (κ2) is 12.1. The van der Waals surface area contributed by atoms with Crippen LogP contribution in [0.3, 0.4) is 0 Å². The van der Waals surface area contributed by atoms with Crippen molar-refractivity contribution >= 4 is 27.7 Å². The largest absolute Gasteiger partial charge is 0.328 e. The van der Waals surface area contributed by atoms with Crippen LogP contribution in [0.5, 0.6) is 0 Å². The van der Waals surface area contributed by atoms with Gasteiger partial charge in [0.1, 0.15) is 0 Å². The molecule has 56 heavy (non-hydrogen) atoms. The summed E-state index contributed by atoms with van der Waals surface area (Å²) in [6.07, 6.45) is 16.3. The van der Waals surface area contributed by atoms with E-state index in [1.165, 1.54) is 120 Å². The minimum Gasteiger partial charge on any atom is -0.328 e. The second-order valence-corrected chi connectivity index (χ2v) is 19.8. The Balaban J connectivity index is 1.29. The van der Waals surface area contributed by atoms with Gasteiger partial charge in [0, 0.05) is 33.5 Å². The molecular formula is C55H59N. The Morgan fingerprint density at radius 1 is 0.607 bits per heavy atom. The number of benzene rings is 5. The monoisotopic (exact) mass is 733 g/mol. The van der Waals surface area contributed by atoms with Crippen molar-refractivity contribution in [2.75, 3.05) is 4.90 Å². The highest BCUT2D eigenvalue weighted by Crippen LogP contribution is 2.74. The molecule has 0 bridgehead atoms. The smallest absolute Gasteiger partial charge is 0.0839 e. The van der Waals surface area contributed by atoms with Crippen LogP contribution in [-0.2, 0) is 10.8 Å². The average molecular weight is 734 g/mol. The van der Waals surface area contributed by atoms with Crippen LogP contribution in [0.2, 0.25) is 0 Å². The summed E-state index contributed by atoms with van der Waals surface area (Å²) in [6, 6.07) is 41.2. The highest BCUT2D eigenvalue weighted by atomic mass is 15.2. The van der Waals surface area contributed by atoms with Crippen LogP contribution in [0.15, 0.2) is 120 Å². The van der Waals surface area contributed by atoms with E-state index < -0.39 is 5.54 Å². The van der Waals surface area contributed by atoms with E-state index in [1.54, 1.807) is 22.3 Å². The highest BCUT2D eigenvalue weighted by molar-refractivity contribution is 6.00. The third-order valence-corrected chi connectivity index (χ3v) is 16.8. The van der Waals surface area contributed by atoms with E-state index in [-0.39, 0.29) is 22.2 Å². The molecule has 6 aliphatic rings. The van der Waals surface area contributed by atoms with Crippen LogP contribution in [0, 0.1) is 5.41 Å². The molecular weight excluding hydrogens is 675 g/mol. The Kier molecular flexibility index (Phi) is 7.52. The first kappa shape index (κ1) is 34.9. The molecule has 0 spiro atoms. The quantitative estimate of drug-likeness (QED) is 0.167. The van der Waals surface area contributed by atoms with Gasteiger partial charge >= 0.3 is 0 Å². The van der Waals surface area contributed by atoms with Gasteiger partial charge in [-0.3, -0.25) is 0 Å². The van der Waals surface area contributed by atoms with Crippen molar-refractivity contribution in [1.82, 2.24) is 0 Å². The van der Waals surface area contributed by atoms with Gasteiger partial charge in [0.25, 0.3) is 0 Å². The minimum absolute atomic E-state index is 0.0839. The van der Waals surface area contributed by atoms with Gasteiger partial charge in [-0.05, 0) is 136 Å². The van der Waals surface area contributed by atoms with Gasteiger partial charge in [0.2, 0.25) is 0 Å². The van der Waals surface area contributed by atoms with Crippen molar-refractivity contribution in [3.05, 3.63) is 159 Å². The molecule has 4 atom stereocenters. The van der Waals surface area contributed by atoms with E-state index in [9.17, 15) is 0 Å². The number of nitrogens with zero attached hydrogens (tertiary/aromatic N) is 1. The Hall–Kier alpha value is -4.36. The van der Waals surface area contributed by atoms with E-state index in [0.29, 0.717) is 11.8 Å². The molecule has 11 rings (SSSR count). The lowest BCUT2D eigenvalue weighted by atomic mass is 9.45. The van der Waals surface area contributed by atoms with Gasteiger partial charge < -0.3 is 4.90 Å². The predicted molar refractivity (Wildman–Crippen MR) is 236 cm³/mol. The van der Waals surface area contributed by atoms with Gasteiger partial charge in [0.15, 0.2) is 0 Å². The molecule has 0 aromatic heterocycles. The topological polar surface area (TPSA) is 3.24 Å². The molecule has 1 heteroatoms. The molecule has 0 saturated heterocycles. The minimum atomic E-state index is -0.404. The summed E-state index contributed by atoms with van der Waals surface area (Å²) >= 11 is 0. The zero-order chi connectivity index (χ0) is 38.2. The van der Waals surface area contributed by atoms with Gasteiger partial charge in [0.05, 0.1) is 5.54 Å². The summed E-state index contributed by atoms with van der Waals surface area (Å²) in [7, 11) is 0. The van der Waals surface area contributed by atoms with E-state index in [1.807, 2.05) is 0 Å². The van der Waals surface area contributed by atoms with Crippen LogP contribution >= 0.6 is 0 Å². The molecule has 0 radical (unpaired) electrons. The van der Waals surface area contributed by atoms with Gasteiger partial charge in [-0.15, -0.1) is 0 Å². The Morgan fingerprint density at radius 3 is 1.91 bits per heavy atom. The molecule has 2 fully saturated rings. The van der Waals surface area contributed by atoms with Crippen molar-refractivity contribution < 1.29 is 0 Å². The van der Waals surface area contributed by atoms with Crippen molar-refractivity contribution in [2.45, 2.75) is 140 Å². The van der Waals surface area contributed by atoms with Crippen molar-refractivity contribution in [3.8, 4) is 0 Å². The average Bonchev–Trinajstić information content (AvgIpc) is 3.40. The summed E-state index contributed by atoms with van der Waals surface area (Å²) in [4.78, 5) is 2.88. The fourth-order valence-corrected chi connectivity index (χ4v) is 14.0. The van der Waals surface area contributed by atoms with E-state index in [2.05, 4.69) is 156 Å². The van der Waals surface area contributed by atoms with Crippen molar-refractivity contribution in [2.24, 2.45) is 5.41 Å². The fourth-order valence-electron chi connectivity index (χ4n) is 14.0. The number of hydrogen-bond acceptors (Lipinski definition) is 1. The first-order valence-electron chi connectivity index (χ1n) is 22.2. The van der Waals surface area contributed by atoms with Crippen LogP contribution < -0.4 is 4.90 Å². The molecule has 5 aromatic rings. The molecule has 2 saturated carbocycles. The van der Waals surface area contributed by atoms with Crippen LogP contribution in [0.1, 0.15) is 162 Å². The molecule has 0 N–H and O–H groups in total. The first-order chi connectivity index (χ1) is 27.1. The number of anilines is 2. The Labute approximate surface area is 335 Å². The molecule has 1 nitrogen and oxygen atoms in total. The SMILES string of the molecule is CC1C2=C3C(C)(c4ccccc41)c1c(ccc4ccccc14)N(c1cc(C4CCCCC4)cc(C4CCCCC4)c1)C3(C)C=C1c3ccccc3C(C)(C)C12C. The lowest BCUT2D eigenvalue weighted by Crippen LogP contribution is -2.60. The number of hydrogen-bond donors (Lipinski definition) is 0. The molecule has 0 amide bonds. The molecule has 5 aromatic carbocycles. The van der Waals surface area contributed by atoms with Crippen LogP contribution in [-0.4, -0.2) is 5.54 Å². The Morgan fingerprint density at radius 2 is 1.21 bits per heavy atom. The summed E-state index contributed by atoms with van der Waals surface area (Å²) in [5, 5.41) is 2.72. The third-order valence-electron chi connectivity index (χ3n) is 16.8. The normalized spacial score (nSPS) is 29.3. The standard InChI is InChI=1S/C55H59N/c1-35-42-24-15-18-28-46(42)54(5)50-43-25-14-13-23-38(43)29-30-48(50)56(41-32-39(36-19-9-7-10-20-36)31-40(33-41)37-21-11-8-12-22-37)53(4)34-47-44-26-16-17-27-45(44)52(2,3)55(47,6)49(35)51(53)54/h13-18,23-37H,7-12,19-22H2,1-6H3. The van der Waals surface area contributed by atoms with Gasteiger partial charge in [-0.2, -0.15) is 0 Å². The number of allylic oxidation sites excluding steroid dienone is 2. The highest BCUT2D eigenvalue weighted by Gasteiger charge is 2.66. The summed E-state index contributed by atoms with van der Waals surface area (Å²) in [5.74, 6) is 1.58. The number of rotatable bonds is 3. The zero-order valence-corrected chi connectivity index (χ0v) is 34.6. The zero-order valence-electron chi connectivity index (χ0n) is 34.6. The molecule has 5 aliphatic carbocycles. The summed E-state index contributed by atoms with van der Waals surface area (Å²) in [6.45, 7) is 15.5. The maximum atomic E-state index is 2.88. The first-order valence-corrected chi connectivity index (χ1v) is 22.2. The second-order valence-electron chi connectivity index (χ2n) is 19.8. The van der Waals surface area contributed by atoms with E-state index >= 15 is 0 Å². The lowest BCUT2D eigenvalue weighted by molar-refractivity contribution is 0.283. The molecule has 284 valence electrons. The fraction of sp³-hybridized carbons (Fsp3) is 0.418. The van der Waals surface area contributed by atoms with Crippen molar-refractivity contribution in [1.29, 1.82) is 0 Å². The van der Waals surface area contributed by atoms with Gasteiger partial charge in [-0.25, -0.2) is 0 Å². The lowest BCUT2D eigenvalue weighted by Gasteiger charge is -2.63. The van der Waals surface area contributed by atoms with E-state index in [4.69, 9.17) is 0 Å². The Bertz CT molecular complexity index is 2460. The van der Waals surface area contributed by atoms with Crippen LogP contribution in [0.4, 0.5) is 11.4 Å². The van der Waals surface area contributed by atoms with Gasteiger partial charge in [-0.1, -0.05) is 157 Å². The maximum absolute atomic E-state index is 2.88. The molecule has 4 unspecified atom stereocenters. The van der Waals surface area contributed by atoms with E-state index in [0.717, 1.165) is 0 Å². The third kappa shape index (κ3) is 4.39. The maximum Gasteiger partial charge on any atom is 0.0839 e. The summed E-state index contributed by atoms with van der Waals surface area (Å²) in [5.41, 5.74) is 17.2. The molecule has 1 aliphatic heterocycles.